The molecule has 8 nitrogen and oxygen atoms in total. The Bertz CT molecular complexity index is 1320. The van der Waals surface area contributed by atoms with Crippen molar-refractivity contribution < 1.29 is 9.47 Å². The van der Waals surface area contributed by atoms with E-state index in [0.717, 1.165) is 0 Å². The third-order valence-corrected chi connectivity index (χ3v) is 5.42. The Labute approximate surface area is 162 Å². The van der Waals surface area contributed by atoms with Gasteiger partial charge in [0, 0.05) is 6.07 Å². The molecule has 0 fully saturated rings. The number of hydrogen-bond acceptors (Lipinski definition) is 8. The maximum atomic E-state index is 13.2. The van der Waals surface area contributed by atoms with Crippen molar-refractivity contribution >= 4 is 37.6 Å². The van der Waals surface area contributed by atoms with E-state index in [1.54, 1.807) is 18.2 Å². The average Bonchev–Trinajstić information content (AvgIpc) is 3.12. The fraction of sp³-hybridized carbons (Fsp3) is 0.158. The van der Waals surface area contributed by atoms with E-state index < -0.39 is 0 Å². The number of nitrogens with zero attached hydrogens (tertiary/aromatic N) is 4. The van der Waals surface area contributed by atoms with Crippen molar-refractivity contribution in [2.24, 2.45) is 0 Å². The molecule has 0 spiro atoms. The van der Waals surface area contributed by atoms with E-state index in [4.69, 9.17) is 15.9 Å². The van der Waals surface area contributed by atoms with Gasteiger partial charge in [-0.15, -0.1) is 17.8 Å². The minimum Gasteiger partial charge on any atom is -0.486 e. The van der Waals surface area contributed by atoms with Crippen LogP contribution >= 0.6 is 11.3 Å². The van der Waals surface area contributed by atoms with E-state index in [9.17, 15) is 4.79 Å². The fourth-order valence-corrected chi connectivity index (χ4v) is 4.12. The highest BCUT2D eigenvalue weighted by atomic mass is 32.1. The van der Waals surface area contributed by atoms with Gasteiger partial charge in [-0.25, -0.2) is 15.0 Å². The van der Waals surface area contributed by atoms with Crippen LogP contribution in [-0.2, 0) is 0 Å². The lowest BCUT2D eigenvalue weighted by molar-refractivity contribution is 0.171. The van der Waals surface area contributed by atoms with Crippen molar-refractivity contribution in [3.8, 4) is 29.5 Å². The Balaban J connectivity index is 1.69. The summed E-state index contributed by atoms with van der Waals surface area (Å²) in [6, 6.07) is 5.37. The van der Waals surface area contributed by atoms with Gasteiger partial charge in [0.1, 0.15) is 46.7 Å². The second-order valence-electron chi connectivity index (χ2n) is 5.99. The number of fused-ring (bicyclic) bond motifs is 4. The first-order valence-electron chi connectivity index (χ1n) is 8.48. The smallest absolute Gasteiger partial charge is 0.275 e. The van der Waals surface area contributed by atoms with Gasteiger partial charge < -0.3 is 14.8 Å². The number of hydrogen-bond donors (Lipinski definition) is 1. The molecule has 0 saturated carbocycles. The maximum Gasteiger partial charge on any atom is 0.275 e. The van der Waals surface area contributed by atoms with Gasteiger partial charge >= 0.3 is 0 Å². The van der Waals surface area contributed by atoms with E-state index in [2.05, 4.69) is 26.2 Å². The number of benzene rings is 1. The van der Waals surface area contributed by atoms with Crippen LogP contribution in [0.2, 0.25) is 0 Å². The molecule has 0 amide bonds. The van der Waals surface area contributed by atoms with Gasteiger partial charge in [0.15, 0.2) is 11.5 Å². The van der Waals surface area contributed by atoms with Crippen LogP contribution in [0.15, 0.2) is 35.6 Å². The van der Waals surface area contributed by atoms with Crippen molar-refractivity contribution in [3.05, 3.63) is 41.2 Å². The molecule has 4 aromatic rings. The van der Waals surface area contributed by atoms with Crippen LogP contribution in [0.4, 0.5) is 5.82 Å². The SMILES string of the molecule is C#CCNc1ncnc2sc3c(=O)n(-c4ccc5c(c4)OCCO5)cnc3c12. The molecule has 0 radical (unpaired) electrons. The molecule has 0 bridgehead atoms. The molecule has 28 heavy (non-hydrogen) atoms. The van der Waals surface area contributed by atoms with Crippen LogP contribution in [0.1, 0.15) is 0 Å². The summed E-state index contributed by atoms with van der Waals surface area (Å²) in [7, 11) is 0. The third kappa shape index (κ3) is 2.54. The predicted molar refractivity (Wildman–Crippen MR) is 107 cm³/mol. The molecular weight excluding hydrogens is 378 g/mol. The summed E-state index contributed by atoms with van der Waals surface area (Å²) in [5, 5.41) is 3.75. The molecule has 1 aliphatic heterocycles. The van der Waals surface area contributed by atoms with Crippen LogP contribution < -0.4 is 20.3 Å². The zero-order valence-corrected chi connectivity index (χ0v) is 15.3. The third-order valence-electron chi connectivity index (χ3n) is 4.34. The van der Waals surface area contributed by atoms with Gasteiger partial charge in [0.2, 0.25) is 0 Å². The second-order valence-corrected chi connectivity index (χ2v) is 6.99. The first-order chi connectivity index (χ1) is 13.8. The fourth-order valence-electron chi connectivity index (χ4n) is 3.10. The number of terminal acetylenes is 1. The summed E-state index contributed by atoms with van der Waals surface area (Å²) in [6.45, 7) is 1.31. The molecule has 1 aliphatic rings. The highest BCUT2D eigenvalue weighted by Gasteiger charge is 2.18. The van der Waals surface area contributed by atoms with Gasteiger partial charge in [-0.05, 0) is 12.1 Å². The van der Waals surface area contributed by atoms with Crippen LogP contribution in [-0.4, -0.2) is 39.3 Å². The monoisotopic (exact) mass is 391 g/mol. The second kappa shape index (κ2) is 6.51. The van der Waals surface area contributed by atoms with Crippen LogP contribution in [0, 0.1) is 12.3 Å². The number of rotatable bonds is 3. The van der Waals surface area contributed by atoms with E-state index >= 15 is 0 Å². The molecular formula is C19H13N5O3S. The maximum absolute atomic E-state index is 13.2. The molecule has 0 atom stereocenters. The Kier molecular flexibility index (Phi) is 3.84. The van der Waals surface area contributed by atoms with E-state index in [0.29, 0.717) is 63.2 Å². The number of aromatic nitrogens is 4. The van der Waals surface area contributed by atoms with Gasteiger partial charge in [0.25, 0.3) is 5.56 Å². The molecule has 0 aliphatic carbocycles. The summed E-state index contributed by atoms with van der Waals surface area (Å²) in [6.07, 6.45) is 8.26. The average molecular weight is 391 g/mol. The molecule has 0 unspecified atom stereocenters. The number of thiophene rings is 1. The predicted octanol–water partition coefficient (Wildman–Crippen LogP) is 2.21. The molecule has 1 aromatic carbocycles. The highest BCUT2D eigenvalue weighted by molar-refractivity contribution is 7.25. The summed E-state index contributed by atoms with van der Waals surface area (Å²) in [5.74, 6) is 4.35. The zero-order chi connectivity index (χ0) is 19.1. The largest absolute Gasteiger partial charge is 0.486 e. The topological polar surface area (TPSA) is 91.2 Å². The Hall–Kier alpha value is -3.64. The summed E-state index contributed by atoms with van der Waals surface area (Å²) in [4.78, 5) is 26.9. The van der Waals surface area contributed by atoms with E-state index in [-0.39, 0.29) is 5.56 Å². The first kappa shape index (κ1) is 16.5. The molecule has 0 saturated heterocycles. The number of ether oxygens (including phenoxy) is 2. The highest BCUT2D eigenvalue weighted by Crippen LogP contribution is 2.34. The van der Waals surface area contributed by atoms with Gasteiger partial charge in [-0.1, -0.05) is 5.92 Å². The summed E-state index contributed by atoms with van der Waals surface area (Å²) >= 11 is 1.28. The number of nitrogens with one attached hydrogen (secondary N) is 1. The minimum absolute atomic E-state index is 0.187. The van der Waals surface area contributed by atoms with Gasteiger partial charge in [0.05, 0.1) is 17.6 Å². The number of anilines is 1. The summed E-state index contributed by atoms with van der Waals surface area (Å²) < 4.78 is 13.1. The van der Waals surface area contributed by atoms with E-state index in [1.165, 1.54) is 28.6 Å². The van der Waals surface area contributed by atoms with Crippen LogP contribution in [0.5, 0.6) is 11.5 Å². The standard InChI is InChI=1S/C19H13N5O3S/c1-2-5-20-17-14-15-16(28-18(14)22-9-21-17)19(25)24(10-23-15)11-3-4-12-13(8-11)27-7-6-26-12/h1,3-4,8-10H,5-7H2,(H,20,21,22). The molecule has 9 heteroatoms. The molecule has 138 valence electrons. The molecule has 5 rings (SSSR count). The van der Waals surface area contributed by atoms with Crippen LogP contribution in [0.3, 0.4) is 0 Å². The molecule has 1 N–H and O–H groups in total. The van der Waals surface area contributed by atoms with Crippen molar-refractivity contribution in [2.45, 2.75) is 0 Å². The lowest BCUT2D eigenvalue weighted by Crippen LogP contribution is -2.19. The Morgan fingerprint density at radius 1 is 1.21 bits per heavy atom. The van der Waals surface area contributed by atoms with Gasteiger partial charge in [-0.3, -0.25) is 9.36 Å². The first-order valence-corrected chi connectivity index (χ1v) is 9.30. The van der Waals surface area contributed by atoms with Crippen molar-refractivity contribution in [1.29, 1.82) is 0 Å². The lowest BCUT2D eigenvalue weighted by Gasteiger charge is -2.19. The van der Waals surface area contributed by atoms with Crippen LogP contribution in [0.25, 0.3) is 26.1 Å². The minimum atomic E-state index is -0.187. The summed E-state index contributed by atoms with van der Waals surface area (Å²) in [5.41, 5.74) is 1.02. The van der Waals surface area contributed by atoms with Crippen molar-refractivity contribution in [3.63, 3.8) is 0 Å². The molecule has 3 aromatic heterocycles. The van der Waals surface area contributed by atoms with E-state index in [1.807, 2.05) is 0 Å². The quantitative estimate of drug-likeness (QED) is 0.536. The zero-order valence-electron chi connectivity index (χ0n) is 14.5. The normalized spacial score (nSPS) is 12.8. The molecule has 4 heterocycles. The van der Waals surface area contributed by atoms with Crippen molar-refractivity contribution in [1.82, 2.24) is 19.5 Å². The van der Waals surface area contributed by atoms with Gasteiger partial charge in [-0.2, -0.15) is 0 Å². The Morgan fingerprint density at radius 3 is 2.93 bits per heavy atom. The van der Waals surface area contributed by atoms with Crippen molar-refractivity contribution in [2.75, 3.05) is 25.1 Å². The lowest BCUT2D eigenvalue weighted by atomic mass is 10.2. The Morgan fingerprint density at radius 2 is 2.07 bits per heavy atom.